The predicted octanol–water partition coefficient (Wildman–Crippen LogP) is 7.06. The van der Waals surface area contributed by atoms with Gasteiger partial charge in [0.2, 0.25) is 5.95 Å². The van der Waals surface area contributed by atoms with Crippen LogP contribution in [-0.2, 0) is 25.9 Å². The fourth-order valence-electron chi connectivity index (χ4n) is 7.66. The molecule has 0 fully saturated rings. The third-order valence-electron chi connectivity index (χ3n) is 10.3. The number of rotatable bonds is 6. The maximum Gasteiger partial charge on any atom is 0.257 e. The molecule has 7 aromatic heterocycles. The van der Waals surface area contributed by atoms with Gasteiger partial charge in [0.25, 0.3) is 5.91 Å². The van der Waals surface area contributed by atoms with Gasteiger partial charge in [-0.15, -0.1) is 0 Å². The number of nitrogens with two attached hydrogens (primary N) is 1. The van der Waals surface area contributed by atoms with E-state index in [1.807, 2.05) is 27.6 Å². The lowest BCUT2D eigenvalue weighted by Crippen LogP contribution is -2.12. The van der Waals surface area contributed by atoms with Crippen LogP contribution in [0.4, 0.5) is 24.8 Å². The number of hydrogen-bond acceptors (Lipinski definition) is 9. The molecule has 2 aliphatic heterocycles. The van der Waals surface area contributed by atoms with Gasteiger partial charge in [-0.1, -0.05) is 0 Å². The number of nitrogen functional groups attached to an aromatic ring is 1. The molecule has 59 heavy (non-hydrogen) atoms. The lowest BCUT2D eigenvalue weighted by molar-refractivity contribution is 0.102. The first-order valence-electron chi connectivity index (χ1n) is 18.9. The first-order valence-corrected chi connectivity index (χ1v) is 18.9. The van der Waals surface area contributed by atoms with Crippen molar-refractivity contribution in [2.24, 2.45) is 0 Å². The normalized spacial score (nSPS) is 13.1. The van der Waals surface area contributed by atoms with Crippen molar-refractivity contribution in [3.63, 3.8) is 0 Å². The summed E-state index contributed by atoms with van der Waals surface area (Å²) < 4.78 is 47.4. The largest absolute Gasteiger partial charge is 0.382 e. The zero-order valence-electron chi connectivity index (χ0n) is 31.1. The van der Waals surface area contributed by atoms with Crippen molar-refractivity contribution in [2.45, 2.75) is 38.8 Å². The second-order valence-corrected chi connectivity index (χ2v) is 14.2. The molecule has 0 radical (unpaired) electrons. The van der Waals surface area contributed by atoms with Crippen molar-refractivity contribution in [1.29, 1.82) is 0 Å². The fraction of sp³-hybridized carbons (Fsp3) is 0.143. The fourth-order valence-corrected chi connectivity index (χ4v) is 7.66. The van der Waals surface area contributed by atoms with Crippen LogP contribution in [0.3, 0.4) is 0 Å². The summed E-state index contributed by atoms with van der Waals surface area (Å²) in [6.07, 6.45) is 8.41. The number of hydrogen-bond donors (Lipinski definition) is 2. The first kappa shape index (κ1) is 35.7. The van der Waals surface area contributed by atoms with Gasteiger partial charge in [0, 0.05) is 53.4 Å². The minimum Gasteiger partial charge on any atom is -0.382 e. The Hall–Kier alpha value is -7.69. The molecule has 2 aliphatic rings. The highest BCUT2D eigenvalue weighted by atomic mass is 19.1. The van der Waals surface area contributed by atoms with Crippen molar-refractivity contribution in [2.75, 3.05) is 11.1 Å². The van der Waals surface area contributed by atoms with Crippen molar-refractivity contribution in [3.05, 3.63) is 138 Å². The second kappa shape index (κ2) is 14.4. The number of halogens is 3. The molecule has 0 aliphatic carbocycles. The van der Waals surface area contributed by atoms with Gasteiger partial charge in [0.05, 0.1) is 34.9 Å². The summed E-state index contributed by atoms with van der Waals surface area (Å²) in [7, 11) is 0. The molecule has 0 bridgehead atoms. The Morgan fingerprint density at radius 3 is 1.75 bits per heavy atom. The van der Waals surface area contributed by atoms with Gasteiger partial charge in [0.1, 0.15) is 28.8 Å². The van der Waals surface area contributed by atoms with E-state index in [9.17, 15) is 18.0 Å². The van der Waals surface area contributed by atoms with Crippen LogP contribution < -0.4 is 11.1 Å². The predicted molar refractivity (Wildman–Crippen MR) is 212 cm³/mol. The summed E-state index contributed by atoms with van der Waals surface area (Å²) in [4.78, 5) is 24.5. The minimum absolute atomic E-state index is 0.137. The number of benzene rings is 2. The second-order valence-electron chi connectivity index (χ2n) is 14.2. The highest BCUT2D eigenvalue weighted by Gasteiger charge is 2.27. The molecule has 9 aromatic rings. The monoisotopic (exact) mass is 791 g/mol. The summed E-state index contributed by atoms with van der Waals surface area (Å²) in [5.41, 5.74) is 16.1. The molecule has 0 spiro atoms. The quantitative estimate of drug-likeness (QED) is 0.168. The van der Waals surface area contributed by atoms with Crippen LogP contribution in [0.1, 0.15) is 34.6 Å². The summed E-state index contributed by atoms with van der Waals surface area (Å²) in [6, 6.07) is 22.6. The van der Waals surface area contributed by atoms with Crippen molar-refractivity contribution >= 4 is 28.8 Å². The molecule has 292 valence electrons. The van der Waals surface area contributed by atoms with Crippen LogP contribution >= 0.6 is 0 Å². The number of amides is 1. The smallest absolute Gasteiger partial charge is 0.257 e. The Labute approximate surface area is 332 Å². The van der Waals surface area contributed by atoms with E-state index in [4.69, 9.17) is 21.0 Å². The Morgan fingerprint density at radius 1 is 0.644 bits per heavy atom. The number of imidazole rings is 2. The number of aryl methyl sites for hydroxylation is 2. The highest BCUT2D eigenvalue weighted by Crippen LogP contribution is 2.38. The molecule has 0 saturated heterocycles. The zero-order chi connectivity index (χ0) is 40.2. The first-order chi connectivity index (χ1) is 28.7. The molecule has 11 rings (SSSR count). The van der Waals surface area contributed by atoms with E-state index < -0.39 is 11.9 Å². The van der Waals surface area contributed by atoms with Gasteiger partial charge in [-0.25, -0.2) is 32.8 Å². The Balaban J connectivity index is 0.000000149. The number of nitrogens with zero attached hydrogens (tertiary/aromatic N) is 11. The summed E-state index contributed by atoms with van der Waals surface area (Å²) in [5, 5.41) is 21.6. The molecule has 3 N–H and O–H groups in total. The number of carbonyl (C=O) groups excluding carboxylic acids is 1. The van der Waals surface area contributed by atoms with E-state index in [2.05, 4.69) is 25.4 Å². The molecule has 9 heterocycles. The number of anilines is 2. The van der Waals surface area contributed by atoms with E-state index >= 15 is 0 Å². The van der Waals surface area contributed by atoms with Crippen LogP contribution in [0.5, 0.6) is 0 Å². The van der Waals surface area contributed by atoms with E-state index in [1.165, 1.54) is 42.2 Å². The van der Waals surface area contributed by atoms with Gasteiger partial charge < -0.3 is 11.1 Å². The molecule has 17 heteroatoms. The lowest BCUT2D eigenvalue weighted by atomic mass is 10.0. The summed E-state index contributed by atoms with van der Waals surface area (Å²) in [6.45, 7) is 1.71. The maximum atomic E-state index is 13.5. The molecule has 1 amide bonds. The molecule has 0 saturated carbocycles. The number of carbonyl (C=O) groups is 1. The van der Waals surface area contributed by atoms with Crippen LogP contribution in [0, 0.1) is 17.6 Å². The number of aromatic nitrogens is 11. The van der Waals surface area contributed by atoms with E-state index in [1.54, 1.807) is 51.8 Å². The van der Waals surface area contributed by atoms with Gasteiger partial charge in [0.15, 0.2) is 17.1 Å². The van der Waals surface area contributed by atoms with Gasteiger partial charge in [-0.2, -0.15) is 24.8 Å². The van der Waals surface area contributed by atoms with Crippen LogP contribution in [-0.4, -0.2) is 59.6 Å². The maximum absolute atomic E-state index is 13.5. The van der Waals surface area contributed by atoms with Crippen molar-refractivity contribution in [1.82, 2.24) is 53.7 Å². The zero-order valence-corrected chi connectivity index (χ0v) is 31.1. The van der Waals surface area contributed by atoms with Gasteiger partial charge >= 0.3 is 0 Å². The Morgan fingerprint density at radius 2 is 1.19 bits per heavy atom. The number of pyridine rings is 1. The van der Waals surface area contributed by atoms with E-state index in [0.717, 1.165) is 89.9 Å². The lowest BCUT2D eigenvalue weighted by Gasteiger charge is -2.05. The highest BCUT2D eigenvalue weighted by molar-refractivity contribution is 6.03. The standard InChI is InChI=1S/C24H17F2N7O.C18H15FN6/c25-16-5-3-14(4-6-16)23-22(18-2-1-11-32(18)31-23)17-7-8-21-28-20(13-33(21)30-17)29-24(34)15-9-10-27-19(26)12-15;19-12-5-3-11(4-6-12)18-17(14-2-1-9-24(14)23-18)13-7-8-16-21-15(20)10-25(16)22-13/h3-10,12-13H,1-2,11H2,(H,29,34);3-8,10H,1-2,9,20H2. The van der Waals surface area contributed by atoms with Crippen molar-refractivity contribution in [3.8, 4) is 45.0 Å². The molecule has 2 aromatic carbocycles. The SMILES string of the molecule is Nc1cn2nc(-c3c(-c4ccc(F)cc4)nn4c3CCC4)ccc2n1.O=C(Nc1cn2nc(-c3c(-c4ccc(F)cc4)nn4c3CCC4)ccc2n1)c1ccnc(F)c1. The average molecular weight is 792 g/mol. The van der Waals surface area contributed by atoms with E-state index in [-0.39, 0.29) is 23.0 Å². The Bertz CT molecular complexity index is 3060. The van der Waals surface area contributed by atoms with Crippen molar-refractivity contribution < 1.29 is 18.0 Å². The molecule has 0 unspecified atom stereocenters. The minimum atomic E-state index is -0.736. The third kappa shape index (κ3) is 6.71. The summed E-state index contributed by atoms with van der Waals surface area (Å²) in [5.74, 6) is -1.09. The van der Waals surface area contributed by atoms with Gasteiger partial charge in [-0.3, -0.25) is 14.2 Å². The third-order valence-corrected chi connectivity index (χ3v) is 10.3. The average Bonchev–Trinajstić information content (AvgIpc) is 4.09. The molecule has 0 atom stereocenters. The molecule has 14 nitrogen and oxygen atoms in total. The number of fused-ring (bicyclic) bond motifs is 4. The molecular weight excluding hydrogens is 760 g/mol. The Kier molecular flexibility index (Phi) is 8.69. The van der Waals surface area contributed by atoms with Crippen LogP contribution in [0.25, 0.3) is 56.3 Å². The van der Waals surface area contributed by atoms with Crippen LogP contribution in [0.2, 0.25) is 0 Å². The number of nitrogens with one attached hydrogen (secondary N) is 1. The topological polar surface area (TPSA) is 164 Å². The van der Waals surface area contributed by atoms with Gasteiger partial charge in [-0.05, 0) is 105 Å². The summed E-state index contributed by atoms with van der Waals surface area (Å²) >= 11 is 0. The van der Waals surface area contributed by atoms with E-state index in [0.29, 0.717) is 22.8 Å². The molecular formula is C42H32F3N13O. The van der Waals surface area contributed by atoms with Crippen LogP contribution in [0.15, 0.2) is 104 Å².